The zero-order chi connectivity index (χ0) is 13.4. The Morgan fingerprint density at radius 3 is 2.89 bits per heavy atom. The fourth-order valence-corrected chi connectivity index (χ4v) is 2.13. The maximum atomic E-state index is 11.8. The van der Waals surface area contributed by atoms with Crippen molar-refractivity contribution in [1.29, 1.82) is 0 Å². The normalized spacial score (nSPS) is 14.6. The summed E-state index contributed by atoms with van der Waals surface area (Å²) in [5, 5.41) is 0. The highest BCUT2D eigenvalue weighted by Gasteiger charge is 2.25. The number of ketones is 1. The summed E-state index contributed by atoms with van der Waals surface area (Å²) in [4.78, 5) is 27.5. The van der Waals surface area contributed by atoms with Gasteiger partial charge in [-0.2, -0.15) is 0 Å². The Morgan fingerprint density at radius 1 is 1.42 bits per heavy atom. The number of rotatable bonds is 4. The first kappa shape index (κ1) is 11.9. The molecule has 0 radical (unpaired) electrons. The summed E-state index contributed by atoms with van der Waals surface area (Å²) < 4.78 is 6.83. The summed E-state index contributed by atoms with van der Waals surface area (Å²) in [5.74, 6) is -1.44. The van der Waals surface area contributed by atoms with E-state index in [1.807, 2.05) is 6.07 Å². The van der Waals surface area contributed by atoms with E-state index < -0.39 is 11.8 Å². The van der Waals surface area contributed by atoms with E-state index in [4.69, 9.17) is 4.74 Å². The molecule has 1 aromatic carbocycles. The van der Waals surface area contributed by atoms with Crippen LogP contribution in [0.3, 0.4) is 0 Å². The van der Waals surface area contributed by atoms with Gasteiger partial charge in [0.15, 0.2) is 0 Å². The molecule has 98 valence electrons. The van der Waals surface area contributed by atoms with Crippen molar-refractivity contribution in [2.45, 2.75) is 25.8 Å². The van der Waals surface area contributed by atoms with Gasteiger partial charge in [-0.1, -0.05) is 0 Å². The number of imidazole rings is 1. The molecule has 0 N–H and O–H groups in total. The molecule has 0 atom stereocenters. The zero-order valence-electron chi connectivity index (χ0n) is 10.6. The number of hydrogen-bond donors (Lipinski definition) is 0. The first-order valence-electron chi connectivity index (χ1n) is 6.38. The summed E-state index contributed by atoms with van der Waals surface area (Å²) >= 11 is 0. The van der Waals surface area contributed by atoms with Crippen LogP contribution in [-0.4, -0.2) is 27.9 Å². The summed E-state index contributed by atoms with van der Waals surface area (Å²) in [6, 6.07) is 5.68. The van der Waals surface area contributed by atoms with Crippen LogP contribution >= 0.6 is 0 Å². The molecular formula is C14H14N2O3. The largest absolute Gasteiger partial charge is 0.460 e. The van der Waals surface area contributed by atoms with Gasteiger partial charge in [-0.3, -0.25) is 4.79 Å². The highest BCUT2D eigenvalue weighted by molar-refractivity contribution is 6.40. The maximum Gasteiger partial charge on any atom is 0.379 e. The first-order chi connectivity index (χ1) is 9.20. The van der Waals surface area contributed by atoms with Crippen LogP contribution in [-0.2, 0) is 9.53 Å². The molecule has 0 aliphatic heterocycles. The van der Waals surface area contributed by atoms with Gasteiger partial charge in [0, 0.05) is 11.6 Å². The van der Waals surface area contributed by atoms with E-state index in [0.29, 0.717) is 11.6 Å². The number of carbonyl (C=O) groups is 2. The molecule has 0 unspecified atom stereocenters. The molecule has 19 heavy (non-hydrogen) atoms. The SMILES string of the molecule is CCOC(=O)C(=O)c1ccc2c(c1)ncn2C1CC1. The summed E-state index contributed by atoms with van der Waals surface area (Å²) in [5.41, 5.74) is 2.07. The van der Waals surface area contributed by atoms with Gasteiger partial charge in [-0.05, 0) is 38.0 Å². The van der Waals surface area contributed by atoms with Crippen molar-refractivity contribution >= 4 is 22.8 Å². The number of nitrogens with zero attached hydrogens (tertiary/aromatic N) is 2. The molecule has 5 heteroatoms. The molecule has 1 fully saturated rings. The number of aromatic nitrogens is 2. The topological polar surface area (TPSA) is 61.2 Å². The molecular weight excluding hydrogens is 244 g/mol. The molecule has 3 rings (SSSR count). The number of fused-ring (bicyclic) bond motifs is 1. The molecule has 5 nitrogen and oxygen atoms in total. The second-order valence-electron chi connectivity index (χ2n) is 4.64. The Morgan fingerprint density at radius 2 is 2.21 bits per heavy atom. The Bertz CT molecular complexity index is 656. The number of ether oxygens (including phenoxy) is 1. The highest BCUT2D eigenvalue weighted by Crippen LogP contribution is 2.37. The third-order valence-corrected chi connectivity index (χ3v) is 3.24. The lowest BCUT2D eigenvalue weighted by molar-refractivity contribution is -0.137. The van der Waals surface area contributed by atoms with Gasteiger partial charge in [0.25, 0.3) is 5.78 Å². The van der Waals surface area contributed by atoms with E-state index in [2.05, 4.69) is 9.55 Å². The highest BCUT2D eigenvalue weighted by atomic mass is 16.5. The lowest BCUT2D eigenvalue weighted by atomic mass is 10.1. The molecule has 2 aromatic rings. The number of carbonyl (C=O) groups excluding carboxylic acids is 2. The first-order valence-corrected chi connectivity index (χ1v) is 6.38. The van der Waals surface area contributed by atoms with Gasteiger partial charge in [0.2, 0.25) is 0 Å². The lowest BCUT2D eigenvalue weighted by Gasteiger charge is -2.03. The molecule has 1 saturated carbocycles. The van der Waals surface area contributed by atoms with Crippen LogP contribution in [0.4, 0.5) is 0 Å². The summed E-state index contributed by atoms with van der Waals surface area (Å²) in [6.45, 7) is 1.87. The number of benzene rings is 1. The van der Waals surface area contributed by atoms with Crippen molar-refractivity contribution in [1.82, 2.24) is 9.55 Å². The van der Waals surface area contributed by atoms with Crippen LogP contribution in [0.1, 0.15) is 36.2 Å². The van der Waals surface area contributed by atoms with Gasteiger partial charge in [0.05, 0.1) is 24.0 Å². The average molecular weight is 258 g/mol. The summed E-state index contributed by atoms with van der Waals surface area (Å²) in [7, 11) is 0. The van der Waals surface area contributed by atoms with Crippen LogP contribution in [0.5, 0.6) is 0 Å². The standard InChI is InChI=1S/C14H14N2O3/c1-2-19-14(18)13(17)9-3-6-12-11(7-9)15-8-16(12)10-4-5-10/h3,6-8,10H,2,4-5H2,1H3. The van der Waals surface area contributed by atoms with Gasteiger partial charge < -0.3 is 9.30 Å². The lowest BCUT2D eigenvalue weighted by Crippen LogP contribution is -2.17. The van der Waals surface area contributed by atoms with Gasteiger partial charge in [-0.25, -0.2) is 9.78 Å². The van der Waals surface area contributed by atoms with E-state index in [1.54, 1.807) is 25.4 Å². The van der Waals surface area contributed by atoms with Crippen molar-refractivity contribution in [3.8, 4) is 0 Å². The maximum absolute atomic E-state index is 11.8. The predicted octanol–water partition coefficient (Wildman–Crippen LogP) is 2.12. The number of hydrogen-bond acceptors (Lipinski definition) is 4. The Hall–Kier alpha value is -2.17. The van der Waals surface area contributed by atoms with Gasteiger partial charge in [0.1, 0.15) is 0 Å². The van der Waals surface area contributed by atoms with Crippen LogP contribution in [0.25, 0.3) is 11.0 Å². The zero-order valence-corrected chi connectivity index (χ0v) is 10.6. The molecule has 1 aliphatic rings. The molecule has 1 heterocycles. The van der Waals surface area contributed by atoms with Crippen molar-refractivity contribution in [3.05, 3.63) is 30.1 Å². The predicted molar refractivity (Wildman–Crippen MR) is 69.0 cm³/mol. The average Bonchev–Trinajstić information content (AvgIpc) is 3.17. The van der Waals surface area contributed by atoms with Crippen LogP contribution in [0, 0.1) is 0 Å². The van der Waals surface area contributed by atoms with E-state index in [1.165, 1.54) is 12.8 Å². The van der Waals surface area contributed by atoms with Crippen LogP contribution < -0.4 is 0 Å². The molecule has 0 saturated heterocycles. The van der Waals surface area contributed by atoms with E-state index in [-0.39, 0.29) is 6.61 Å². The second kappa shape index (κ2) is 4.50. The molecule has 0 amide bonds. The third kappa shape index (κ3) is 2.12. The number of Topliss-reactive ketones (excluding diaryl/α,β-unsaturated/α-hetero) is 1. The number of esters is 1. The minimum absolute atomic E-state index is 0.198. The fourth-order valence-electron chi connectivity index (χ4n) is 2.13. The minimum Gasteiger partial charge on any atom is -0.460 e. The fraction of sp³-hybridized carbons (Fsp3) is 0.357. The second-order valence-corrected chi connectivity index (χ2v) is 4.64. The monoisotopic (exact) mass is 258 g/mol. The quantitative estimate of drug-likeness (QED) is 0.479. The van der Waals surface area contributed by atoms with E-state index in [9.17, 15) is 9.59 Å². The third-order valence-electron chi connectivity index (χ3n) is 3.24. The Balaban J connectivity index is 1.93. The smallest absolute Gasteiger partial charge is 0.379 e. The van der Waals surface area contributed by atoms with Crippen molar-refractivity contribution < 1.29 is 14.3 Å². The van der Waals surface area contributed by atoms with E-state index >= 15 is 0 Å². The Labute approximate surface area is 110 Å². The van der Waals surface area contributed by atoms with Crippen LogP contribution in [0.2, 0.25) is 0 Å². The molecule has 0 bridgehead atoms. The molecule has 1 aliphatic carbocycles. The van der Waals surface area contributed by atoms with Crippen molar-refractivity contribution in [2.75, 3.05) is 6.61 Å². The van der Waals surface area contributed by atoms with Crippen molar-refractivity contribution in [2.24, 2.45) is 0 Å². The van der Waals surface area contributed by atoms with E-state index in [0.717, 1.165) is 11.0 Å². The van der Waals surface area contributed by atoms with Crippen LogP contribution in [0.15, 0.2) is 24.5 Å². The summed E-state index contributed by atoms with van der Waals surface area (Å²) in [6.07, 6.45) is 4.14. The minimum atomic E-state index is -0.816. The van der Waals surface area contributed by atoms with Gasteiger partial charge >= 0.3 is 5.97 Å². The van der Waals surface area contributed by atoms with Gasteiger partial charge in [-0.15, -0.1) is 0 Å². The van der Waals surface area contributed by atoms with Crippen molar-refractivity contribution in [3.63, 3.8) is 0 Å². The molecule has 1 aromatic heterocycles. The molecule has 0 spiro atoms. The Kier molecular flexibility index (Phi) is 2.81.